The van der Waals surface area contributed by atoms with Crippen molar-refractivity contribution >= 4 is 28.0 Å². The number of aromatic nitrogens is 1. The van der Waals surface area contributed by atoms with Crippen LogP contribution in [0, 0.1) is 0 Å². The van der Waals surface area contributed by atoms with E-state index in [9.17, 15) is 0 Å². The third kappa shape index (κ3) is 11.5. The van der Waals surface area contributed by atoms with Crippen molar-refractivity contribution in [3.05, 3.63) is 151 Å². The van der Waals surface area contributed by atoms with Gasteiger partial charge in [0, 0.05) is 43.0 Å². The van der Waals surface area contributed by atoms with Crippen LogP contribution in [-0.2, 0) is 32.3 Å². The number of hydrogen-bond donors (Lipinski definition) is 0. The van der Waals surface area contributed by atoms with Crippen LogP contribution in [0.3, 0.4) is 0 Å². The number of thiazole rings is 1. The number of benzene rings is 4. The third-order valence-corrected chi connectivity index (χ3v) is 8.84. The summed E-state index contributed by atoms with van der Waals surface area (Å²) in [6.45, 7) is 11.2. The van der Waals surface area contributed by atoms with Crippen LogP contribution in [0.5, 0.6) is 0 Å². The predicted octanol–water partition coefficient (Wildman–Crippen LogP) is 13.7. The van der Waals surface area contributed by atoms with E-state index in [1.54, 1.807) is 53.6 Å². The average Bonchev–Trinajstić information content (AvgIpc) is 3.76. The van der Waals surface area contributed by atoms with Crippen molar-refractivity contribution in [2.45, 2.75) is 58.9 Å². The van der Waals surface area contributed by atoms with Crippen LogP contribution < -0.4 is 0 Å². The number of hydrogen-bond acceptors (Lipinski definition) is 3. The minimum atomic E-state index is -0.263. The van der Waals surface area contributed by atoms with Crippen LogP contribution in [0.25, 0.3) is 54.6 Å². The summed E-state index contributed by atoms with van der Waals surface area (Å²) in [5.74, 6) is 1.67. The Kier molecular flexibility index (Phi) is 20.1. The summed E-state index contributed by atoms with van der Waals surface area (Å²) in [6.07, 6.45) is 0.807. The SMILES string of the molecule is CCc1oc2ccccc2c1-c1csc(C([N-]c2c(C(C)C)cccc2C(C)C)c2ccccc2-c2ccccc2)n1.C[N-]C.C[N-]C.C[N-]C.[Hf]. The molecular weight excluding hydrogens is 825 g/mol. The number of fused-ring (bicyclic) bond motifs is 1. The number of aryl methyl sites for hydroxylation is 1. The zero-order valence-electron chi connectivity index (χ0n) is 32.8. The summed E-state index contributed by atoms with van der Waals surface area (Å²) >= 11 is 1.68. The van der Waals surface area contributed by atoms with Gasteiger partial charge in [0.2, 0.25) is 0 Å². The van der Waals surface area contributed by atoms with Crippen molar-refractivity contribution < 1.29 is 30.3 Å². The maximum absolute atomic E-state index is 6.26. The van der Waals surface area contributed by atoms with Gasteiger partial charge < -0.3 is 25.7 Å². The minimum absolute atomic E-state index is 0. The molecule has 8 heteroatoms. The second-order valence-corrected chi connectivity index (χ2v) is 13.6. The first-order chi connectivity index (χ1) is 24.7. The van der Waals surface area contributed by atoms with Crippen LogP contribution in [0.4, 0.5) is 5.69 Å². The first-order valence-electron chi connectivity index (χ1n) is 17.6. The van der Waals surface area contributed by atoms with Gasteiger partial charge in [0.15, 0.2) is 0 Å². The van der Waals surface area contributed by atoms with E-state index in [1.807, 2.05) is 12.1 Å². The van der Waals surface area contributed by atoms with Gasteiger partial charge in [0.1, 0.15) is 11.3 Å². The number of rotatable bonds is 9. The molecule has 52 heavy (non-hydrogen) atoms. The fourth-order valence-corrected chi connectivity index (χ4v) is 6.68. The third-order valence-electron chi connectivity index (χ3n) is 7.94. The van der Waals surface area contributed by atoms with Gasteiger partial charge >= 0.3 is 0 Å². The predicted molar refractivity (Wildman–Crippen MR) is 224 cm³/mol. The number of furan rings is 1. The first kappa shape index (κ1) is 44.8. The molecule has 0 spiro atoms. The number of nitrogens with zero attached hydrogens (tertiary/aromatic N) is 5. The Bertz CT molecular complexity index is 1850. The van der Waals surface area contributed by atoms with Gasteiger partial charge in [0.25, 0.3) is 0 Å². The maximum atomic E-state index is 6.26. The molecule has 0 aliphatic heterocycles. The topological polar surface area (TPSA) is 82.4 Å². The van der Waals surface area contributed by atoms with Crippen molar-refractivity contribution in [1.82, 2.24) is 4.98 Å². The molecule has 6 nitrogen and oxygen atoms in total. The largest absolute Gasteiger partial charge is 0.672 e. The Labute approximate surface area is 336 Å². The standard InChI is InChI=1S/C38H37N2OS.3C2H6N.Hf/c1-6-33-35(31-19-12-13-22-34(31)41-33)32-23-42-38(39-32)37(30-18-11-10-17-29(30)26-15-8-7-9-16-26)40-36-27(24(2)3)20-14-21-28(36)25(4)5;3*1-3-2;/h7-25,37H,6H2,1-5H3;3*1-2H3;/q4*-1;. The summed E-state index contributed by atoms with van der Waals surface area (Å²) < 4.78 is 6.26. The molecule has 0 radical (unpaired) electrons. The normalized spacial score (nSPS) is 11.0. The van der Waals surface area contributed by atoms with Crippen molar-refractivity contribution in [2.75, 3.05) is 42.3 Å². The van der Waals surface area contributed by atoms with E-state index in [-0.39, 0.29) is 31.9 Å². The Hall–Kier alpha value is -3.40. The molecule has 2 aromatic heterocycles. The molecule has 1 unspecified atom stereocenters. The molecule has 0 aliphatic carbocycles. The van der Waals surface area contributed by atoms with Gasteiger partial charge in [-0.1, -0.05) is 137 Å². The molecular formula is C44H55HfN5OS-4. The molecule has 276 valence electrons. The van der Waals surface area contributed by atoms with Gasteiger partial charge in [-0.3, -0.25) is 0 Å². The minimum Gasteiger partial charge on any atom is -0.672 e. The van der Waals surface area contributed by atoms with Crippen molar-refractivity contribution in [1.29, 1.82) is 0 Å². The molecule has 2 heterocycles. The van der Waals surface area contributed by atoms with Gasteiger partial charge in [-0.05, 0) is 40.6 Å². The van der Waals surface area contributed by atoms with E-state index in [4.69, 9.17) is 14.7 Å². The summed E-state index contributed by atoms with van der Waals surface area (Å²) in [6, 6.07) is 33.9. The zero-order chi connectivity index (χ0) is 37.3. The van der Waals surface area contributed by atoms with Gasteiger partial charge in [0.05, 0.1) is 16.3 Å². The average molecular weight is 881 g/mol. The van der Waals surface area contributed by atoms with E-state index in [1.165, 1.54) is 22.3 Å². The van der Waals surface area contributed by atoms with Crippen molar-refractivity contribution in [3.8, 4) is 22.4 Å². The van der Waals surface area contributed by atoms with Crippen LogP contribution in [0.2, 0.25) is 0 Å². The van der Waals surface area contributed by atoms with Gasteiger partial charge in [-0.15, -0.1) is 17.0 Å². The molecule has 0 N–H and O–H groups in total. The zero-order valence-corrected chi connectivity index (χ0v) is 37.2. The van der Waals surface area contributed by atoms with Crippen LogP contribution in [-0.4, -0.2) is 47.3 Å². The van der Waals surface area contributed by atoms with E-state index in [0.29, 0.717) is 11.8 Å². The molecule has 0 aliphatic rings. The van der Waals surface area contributed by atoms with E-state index < -0.39 is 0 Å². The summed E-state index contributed by atoms with van der Waals surface area (Å²) in [4.78, 5) is 5.33. The fourth-order valence-electron chi connectivity index (χ4n) is 5.82. The first-order valence-corrected chi connectivity index (χ1v) is 18.5. The second-order valence-electron chi connectivity index (χ2n) is 12.7. The molecule has 6 aromatic rings. The summed E-state index contributed by atoms with van der Waals surface area (Å²) in [5.41, 5.74) is 10.1. The van der Waals surface area contributed by atoms with Crippen LogP contribution >= 0.6 is 11.3 Å². The second kappa shape index (κ2) is 23.3. The molecule has 0 fully saturated rings. The molecule has 0 saturated carbocycles. The van der Waals surface area contributed by atoms with Crippen molar-refractivity contribution in [2.24, 2.45) is 0 Å². The Balaban J connectivity index is 0.000000852. The van der Waals surface area contributed by atoms with Gasteiger partial charge in [-0.25, -0.2) is 4.98 Å². The Morgan fingerprint density at radius 2 is 1.17 bits per heavy atom. The monoisotopic (exact) mass is 881 g/mol. The molecule has 6 rings (SSSR count). The van der Waals surface area contributed by atoms with E-state index in [2.05, 4.69) is 141 Å². The number of para-hydroxylation sites is 2. The smallest absolute Gasteiger partial charge is 0.134 e. The fraction of sp³-hybridized carbons (Fsp3) is 0.341. The Morgan fingerprint density at radius 3 is 1.75 bits per heavy atom. The van der Waals surface area contributed by atoms with Gasteiger partial charge in [-0.2, -0.15) is 42.3 Å². The molecule has 0 amide bonds. The summed E-state index contributed by atoms with van der Waals surface area (Å²) in [5, 5.41) is 20.4. The quantitative estimate of drug-likeness (QED) is 0.136. The van der Waals surface area contributed by atoms with Crippen LogP contribution in [0.1, 0.15) is 80.0 Å². The molecule has 0 saturated heterocycles. The van der Waals surface area contributed by atoms with Crippen molar-refractivity contribution in [3.63, 3.8) is 0 Å². The van der Waals surface area contributed by atoms with E-state index >= 15 is 0 Å². The van der Waals surface area contributed by atoms with E-state index in [0.717, 1.165) is 50.7 Å². The molecule has 1 atom stereocenters. The molecule has 4 aromatic carbocycles. The Morgan fingerprint density at radius 1 is 0.654 bits per heavy atom. The summed E-state index contributed by atoms with van der Waals surface area (Å²) in [7, 11) is 10.5. The molecule has 0 bridgehead atoms. The maximum Gasteiger partial charge on any atom is 0.134 e. The van der Waals surface area contributed by atoms with Crippen LogP contribution in [0.15, 0.2) is 107 Å².